The number of carbonyl (C=O) groups is 1. The van der Waals surface area contributed by atoms with Gasteiger partial charge in [0.05, 0.1) is 5.92 Å². The fraction of sp³-hybridized carbons (Fsp3) is 0.133. The van der Waals surface area contributed by atoms with E-state index in [2.05, 4.69) is 0 Å². The van der Waals surface area contributed by atoms with Gasteiger partial charge in [0.2, 0.25) is 0 Å². The molecule has 0 spiro atoms. The summed E-state index contributed by atoms with van der Waals surface area (Å²) < 4.78 is 26.4. The molecule has 2 rings (SSSR count). The van der Waals surface area contributed by atoms with Crippen molar-refractivity contribution in [2.75, 3.05) is 0 Å². The monoisotopic (exact) mass is 262 g/mol. The number of benzene rings is 2. The van der Waals surface area contributed by atoms with E-state index in [1.807, 2.05) is 0 Å². The molecule has 98 valence electrons. The minimum atomic E-state index is -1.10. The van der Waals surface area contributed by atoms with Gasteiger partial charge >= 0.3 is 5.97 Å². The number of carboxylic acids is 1. The first-order chi connectivity index (χ1) is 9.08. The molecule has 2 aromatic carbocycles. The number of hydrogen-bond donors (Lipinski definition) is 1. The van der Waals surface area contributed by atoms with Gasteiger partial charge in [-0.2, -0.15) is 0 Å². The van der Waals surface area contributed by atoms with Crippen LogP contribution in [0.2, 0.25) is 0 Å². The molecule has 0 amide bonds. The standard InChI is InChI=1S/C15H12F2O2/c16-11-7-5-10(6-8-11)9-13(15(18)19)12-3-1-2-4-14(12)17/h1-8,13H,9H2,(H,18,19)/t13-/m0/s1. The zero-order valence-electron chi connectivity index (χ0n) is 10.0. The molecule has 0 aromatic heterocycles. The normalized spacial score (nSPS) is 12.1. The van der Waals surface area contributed by atoms with Crippen LogP contribution in [0.1, 0.15) is 17.0 Å². The number of halogens is 2. The molecule has 19 heavy (non-hydrogen) atoms. The first kappa shape index (κ1) is 13.2. The molecule has 2 nitrogen and oxygen atoms in total. The molecule has 0 aliphatic carbocycles. The van der Waals surface area contributed by atoms with E-state index in [0.717, 1.165) is 0 Å². The van der Waals surface area contributed by atoms with E-state index < -0.39 is 17.7 Å². The Balaban J connectivity index is 2.29. The second kappa shape index (κ2) is 5.61. The predicted molar refractivity (Wildman–Crippen MR) is 66.9 cm³/mol. The summed E-state index contributed by atoms with van der Waals surface area (Å²) in [6.07, 6.45) is 0.122. The van der Waals surface area contributed by atoms with Crippen LogP contribution < -0.4 is 0 Å². The van der Waals surface area contributed by atoms with Gasteiger partial charge in [-0.25, -0.2) is 8.78 Å². The van der Waals surface area contributed by atoms with Crippen molar-refractivity contribution in [2.24, 2.45) is 0 Å². The number of aliphatic carboxylic acids is 1. The maximum absolute atomic E-state index is 13.6. The van der Waals surface area contributed by atoms with Crippen LogP contribution in [-0.4, -0.2) is 11.1 Å². The third kappa shape index (κ3) is 3.16. The Hall–Kier alpha value is -2.23. The molecule has 4 heteroatoms. The summed E-state index contributed by atoms with van der Waals surface area (Å²) in [5, 5.41) is 9.23. The molecule has 0 aliphatic rings. The van der Waals surface area contributed by atoms with Gasteiger partial charge in [-0.15, -0.1) is 0 Å². The zero-order valence-corrected chi connectivity index (χ0v) is 10.0. The van der Waals surface area contributed by atoms with Gasteiger partial charge in [0.25, 0.3) is 0 Å². The summed E-state index contributed by atoms with van der Waals surface area (Å²) in [5.41, 5.74) is 0.788. The number of carboxylic acid groups (broad SMARTS) is 1. The zero-order chi connectivity index (χ0) is 13.8. The molecule has 0 fully saturated rings. The fourth-order valence-electron chi connectivity index (χ4n) is 1.94. The Morgan fingerprint density at radius 1 is 1.05 bits per heavy atom. The lowest BCUT2D eigenvalue weighted by atomic mass is 9.92. The van der Waals surface area contributed by atoms with Crippen molar-refractivity contribution in [3.63, 3.8) is 0 Å². The highest BCUT2D eigenvalue weighted by Gasteiger charge is 2.23. The SMILES string of the molecule is O=C(O)[C@@H](Cc1ccc(F)cc1)c1ccccc1F. The molecule has 2 aromatic rings. The Labute approximate surface area is 109 Å². The minimum absolute atomic E-state index is 0.122. The van der Waals surface area contributed by atoms with Crippen LogP contribution >= 0.6 is 0 Å². The van der Waals surface area contributed by atoms with Crippen molar-refractivity contribution in [3.8, 4) is 0 Å². The number of hydrogen-bond acceptors (Lipinski definition) is 1. The van der Waals surface area contributed by atoms with Crippen LogP contribution in [0.3, 0.4) is 0 Å². The average Bonchev–Trinajstić information content (AvgIpc) is 2.39. The Kier molecular flexibility index (Phi) is 3.90. The quantitative estimate of drug-likeness (QED) is 0.917. The highest BCUT2D eigenvalue weighted by molar-refractivity contribution is 5.76. The lowest BCUT2D eigenvalue weighted by Crippen LogP contribution is -2.15. The highest BCUT2D eigenvalue weighted by Crippen LogP contribution is 2.24. The van der Waals surface area contributed by atoms with E-state index in [1.54, 1.807) is 6.07 Å². The summed E-state index contributed by atoms with van der Waals surface area (Å²) in [4.78, 5) is 11.3. The highest BCUT2D eigenvalue weighted by atomic mass is 19.1. The van der Waals surface area contributed by atoms with Crippen molar-refractivity contribution in [2.45, 2.75) is 12.3 Å². The minimum Gasteiger partial charge on any atom is -0.481 e. The molecule has 0 radical (unpaired) electrons. The molecule has 1 atom stereocenters. The molecule has 1 N–H and O–H groups in total. The summed E-state index contributed by atoms with van der Waals surface area (Å²) in [7, 11) is 0. The predicted octanol–water partition coefficient (Wildman–Crippen LogP) is 3.38. The van der Waals surface area contributed by atoms with Gasteiger partial charge in [-0.05, 0) is 30.2 Å². The first-order valence-corrected chi connectivity index (χ1v) is 5.79. The molecule has 0 saturated heterocycles. The van der Waals surface area contributed by atoms with Crippen molar-refractivity contribution in [1.29, 1.82) is 0 Å². The molecule has 0 unspecified atom stereocenters. The topological polar surface area (TPSA) is 37.3 Å². The summed E-state index contributed by atoms with van der Waals surface area (Å²) >= 11 is 0. The van der Waals surface area contributed by atoms with Crippen molar-refractivity contribution in [1.82, 2.24) is 0 Å². The second-order valence-corrected chi connectivity index (χ2v) is 4.24. The smallest absolute Gasteiger partial charge is 0.311 e. The maximum atomic E-state index is 13.6. The van der Waals surface area contributed by atoms with Crippen LogP contribution in [0.25, 0.3) is 0 Å². The van der Waals surface area contributed by atoms with Gasteiger partial charge < -0.3 is 5.11 Å². The van der Waals surface area contributed by atoms with Crippen LogP contribution in [0.5, 0.6) is 0 Å². The van der Waals surface area contributed by atoms with Crippen molar-refractivity contribution >= 4 is 5.97 Å². The van der Waals surface area contributed by atoms with E-state index in [4.69, 9.17) is 0 Å². The first-order valence-electron chi connectivity index (χ1n) is 5.79. The molecule has 0 saturated carbocycles. The molecule has 0 heterocycles. The Morgan fingerprint density at radius 3 is 2.26 bits per heavy atom. The Morgan fingerprint density at radius 2 is 1.68 bits per heavy atom. The van der Waals surface area contributed by atoms with E-state index in [0.29, 0.717) is 5.56 Å². The third-order valence-corrected chi connectivity index (χ3v) is 2.93. The van der Waals surface area contributed by atoms with Gasteiger partial charge in [0, 0.05) is 5.56 Å². The second-order valence-electron chi connectivity index (χ2n) is 4.24. The van der Waals surface area contributed by atoms with Crippen LogP contribution in [0, 0.1) is 11.6 Å². The van der Waals surface area contributed by atoms with E-state index in [9.17, 15) is 18.7 Å². The lowest BCUT2D eigenvalue weighted by Gasteiger charge is -2.13. The molecule has 0 bridgehead atoms. The van der Waals surface area contributed by atoms with Crippen LogP contribution in [0.15, 0.2) is 48.5 Å². The van der Waals surface area contributed by atoms with Gasteiger partial charge in [-0.1, -0.05) is 30.3 Å². The van der Waals surface area contributed by atoms with E-state index in [-0.39, 0.29) is 17.8 Å². The summed E-state index contributed by atoms with van der Waals surface area (Å²) in [6.45, 7) is 0. The van der Waals surface area contributed by atoms with Crippen molar-refractivity contribution < 1.29 is 18.7 Å². The Bertz CT molecular complexity index is 579. The average molecular weight is 262 g/mol. The van der Waals surface area contributed by atoms with E-state index in [1.165, 1.54) is 42.5 Å². The molecular formula is C15H12F2O2. The van der Waals surface area contributed by atoms with Gasteiger partial charge in [0.15, 0.2) is 0 Å². The third-order valence-electron chi connectivity index (χ3n) is 2.93. The maximum Gasteiger partial charge on any atom is 0.311 e. The summed E-state index contributed by atoms with van der Waals surface area (Å²) in [6, 6.07) is 11.3. The van der Waals surface area contributed by atoms with E-state index >= 15 is 0 Å². The largest absolute Gasteiger partial charge is 0.481 e. The summed E-state index contributed by atoms with van der Waals surface area (Å²) in [5.74, 6) is -3.01. The van der Waals surface area contributed by atoms with Gasteiger partial charge in [0.1, 0.15) is 11.6 Å². The molecular weight excluding hydrogens is 250 g/mol. The fourth-order valence-corrected chi connectivity index (χ4v) is 1.94. The molecule has 0 aliphatic heterocycles. The van der Waals surface area contributed by atoms with Gasteiger partial charge in [-0.3, -0.25) is 4.79 Å². The van der Waals surface area contributed by atoms with Crippen LogP contribution in [0.4, 0.5) is 8.78 Å². The lowest BCUT2D eigenvalue weighted by molar-refractivity contribution is -0.138. The number of rotatable bonds is 4. The van der Waals surface area contributed by atoms with Crippen LogP contribution in [-0.2, 0) is 11.2 Å². The van der Waals surface area contributed by atoms with Crippen molar-refractivity contribution in [3.05, 3.63) is 71.3 Å².